The molecule has 33 heavy (non-hydrogen) atoms. The van der Waals surface area contributed by atoms with Crippen molar-refractivity contribution in [1.29, 1.82) is 0 Å². The van der Waals surface area contributed by atoms with Crippen LogP contribution in [0.4, 0.5) is 4.79 Å². The Kier molecular flexibility index (Phi) is 13.1. The molecule has 0 spiro atoms. The maximum absolute atomic E-state index is 12.5. The van der Waals surface area contributed by atoms with Crippen LogP contribution in [0.3, 0.4) is 0 Å². The number of carboxylic acid groups (broad SMARTS) is 3. The van der Waals surface area contributed by atoms with Crippen molar-refractivity contribution in [2.24, 2.45) is 0 Å². The highest BCUT2D eigenvalue weighted by atomic mass is 16.6. The summed E-state index contributed by atoms with van der Waals surface area (Å²) in [5.41, 5.74) is -0.644. The molecule has 1 aromatic rings. The van der Waals surface area contributed by atoms with Crippen molar-refractivity contribution in [2.75, 3.05) is 39.6 Å². The van der Waals surface area contributed by atoms with Gasteiger partial charge in [-0.2, -0.15) is 0 Å². The van der Waals surface area contributed by atoms with Gasteiger partial charge in [0.15, 0.2) is 0 Å². The van der Waals surface area contributed by atoms with E-state index in [0.29, 0.717) is 0 Å². The minimum absolute atomic E-state index is 0.0254. The second kappa shape index (κ2) is 15.6. The van der Waals surface area contributed by atoms with Gasteiger partial charge in [0.1, 0.15) is 12.1 Å². The lowest BCUT2D eigenvalue weighted by Crippen LogP contribution is -2.58. The molecule has 0 saturated heterocycles. The van der Waals surface area contributed by atoms with Crippen LogP contribution in [-0.2, 0) is 39.9 Å². The molecule has 184 valence electrons. The minimum Gasteiger partial charge on any atom is -0.481 e. The highest BCUT2D eigenvalue weighted by molar-refractivity contribution is 5.69. The Morgan fingerprint density at radius 1 is 0.727 bits per heavy atom. The predicted molar refractivity (Wildman–Crippen MR) is 112 cm³/mol. The minimum atomic E-state index is -1.39. The highest BCUT2D eigenvalue weighted by Gasteiger charge is 2.34. The molecule has 1 aromatic carbocycles. The fraction of sp³-hybridized carbons (Fsp3) is 0.524. The molecule has 0 aliphatic heterocycles. The van der Waals surface area contributed by atoms with Crippen LogP contribution in [0.5, 0.6) is 0 Å². The number of carbonyl (C=O) groups is 4. The second-order valence-electron chi connectivity index (χ2n) is 7.06. The van der Waals surface area contributed by atoms with Crippen molar-refractivity contribution >= 4 is 24.0 Å². The van der Waals surface area contributed by atoms with E-state index in [9.17, 15) is 19.2 Å². The summed E-state index contributed by atoms with van der Waals surface area (Å²) in [6.45, 7) is -1.27. The van der Waals surface area contributed by atoms with Gasteiger partial charge in [0.2, 0.25) is 0 Å². The van der Waals surface area contributed by atoms with E-state index in [0.717, 1.165) is 5.56 Å². The van der Waals surface area contributed by atoms with E-state index in [-0.39, 0.29) is 65.5 Å². The second-order valence-corrected chi connectivity index (χ2v) is 7.06. The van der Waals surface area contributed by atoms with Crippen LogP contribution in [0.2, 0.25) is 0 Å². The molecule has 0 saturated carbocycles. The molecule has 4 N–H and O–H groups in total. The molecule has 0 bridgehead atoms. The Balaban J connectivity index is 2.84. The number of nitrogens with one attached hydrogen (secondary N) is 1. The van der Waals surface area contributed by atoms with Gasteiger partial charge >= 0.3 is 24.0 Å². The molecule has 0 heterocycles. The molecule has 12 heteroatoms. The maximum atomic E-state index is 12.5. The smallest absolute Gasteiger partial charge is 0.408 e. The van der Waals surface area contributed by atoms with Crippen LogP contribution < -0.4 is 5.32 Å². The van der Waals surface area contributed by atoms with Crippen LogP contribution >= 0.6 is 0 Å². The lowest BCUT2D eigenvalue weighted by molar-refractivity contribution is -0.139. The highest BCUT2D eigenvalue weighted by Crippen LogP contribution is 2.12. The van der Waals surface area contributed by atoms with Crippen molar-refractivity contribution in [3.05, 3.63) is 35.9 Å². The van der Waals surface area contributed by atoms with E-state index in [2.05, 4.69) is 5.32 Å². The van der Waals surface area contributed by atoms with Crippen LogP contribution in [0.15, 0.2) is 30.3 Å². The van der Waals surface area contributed by atoms with Crippen molar-refractivity contribution in [2.45, 2.75) is 31.4 Å². The normalized spacial score (nSPS) is 11.0. The summed E-state index contributed by atoms with van der Waals surface area (Å²) < 4.78 is 21.4. The summed E-state index contributed by atoms with van der Waals surface area (Å²) in [7, 11) is 0. The standard InChI is InChI=1S/C21H29NO11/c23-17(24)6-9-30-13-21(14-31-10-7-18(25)26,15-32-11-8-19(27)28)22-20(29)33-12-16-4-2-1-3-5-16/h1-5H,6-15H2,(H,22,29)(H,23,24)(H,25,26)(H,27,28). The van der Waals surface area contributed by atoms with E-state index in [1.165, 1.54) is 0 Å². The largest absolute Gasteiger partial charge is 0.481 e. The third kappa shape index (κ3) is 13.7. The molecule has 0 unspecified atom stereocenters. The summed E-state index contributed by atoms with van der Waals surface area (Å²) in [6, 6.07) is 8.90. The molecule has 0 aliphatic rings. The Hall–Kier alpha value is -3.22. The number of hydrogen-bond donors (Lipinski definition) is 4. The van der Waals surface area contributed by atoms with Crippen LogP contribution in [0.25, 0.3) is 0 Å². The molecule has 0 radical (unpaired) electrons. The number of hydrogen-bond acceptors (Lipinski definition) is 8. The van der Waals surface area contributed by atoms with E-state index in [1.807, 2.05) is 6.07 Å². The monoisotopic (exact) mass is 471 g/mol. The van der Waals surface area contributed by atoms with Crippen molar-refractivity contribution in [3.63, 3.8) is 0 Å². The van der Waals surface area contributed by atoms with Crippen LogP contribution in [0, 0.1) is 0 Å². The van der Waals surface area contributed by atoms with E-state index >= 15 is 0 Å². The Morgan fingerprint density at radius 2 is 1.15 bits per heavy atom. The average Bonchev–Trinajstić information content (AvgIpc) is 2.76. The first-order chi connectivity index (χ1) is 15.7. The Morgan fingerprint density at radius 3 is 1.55 bits per heavy atom. The lowest BCUT2D eigenvalue weighted by Gasteiger charge is -2.33. The summed E-state index contributed by atoms with van der Waals surface area (Å²) in [4.78, 5) is 44.7. The Bertz CT molecular complexity index is 699. The molecule has 1 amide bonds. The molecule has 0 aliphatic carbocycles. The van der Waals surface area contributed by atoms with Gasteiger partial charge in [-0.25, -0.2) is 4.79 Å². The molecular weight excluding hydrogens is 442 g/mol. The molecule has 0 fully saturated rings. The van der Waals surface area contributed by atoms with Crippen LogP contribution in [0.1, 0.15) is 24.8 Å². The van der Waals surface area contributed by atoms with Gasteiger partial charge in [0.25, 0.3) is 0 Å². The quantitative estimate of drug-likeness (QED) is 0.226. The van der Waals surface area contributed by atoms with Crippen molar-refractivity contribution < 1.29 is 53.4 Å². The zero-order chi connectivity index (χ0) is 24.5. The fourth-order valence-corrected chi connectivity index (χ4v) is 2.49. The first-order valence-corrected chi connectivity index (χ1v) is 10.1. The van der Waals surface area contributed by atoms with E-state index < -0.39 is 29.5 Å². The predicted octanol–water partition coefficient (Wildman–Crippen LogP) is 1.13. The number of alkyl carbamates (subject to hydrolysis) is 1. The third-order valence-corrected chi connectivity index (χ3v) is 4.10. The van der Waals surface area contributed by atoms with Gasteiger partial charge in [-0.05, 0) is 5.56 Å². The first-order valence-electron chi connectivity index (χ1n) is 10.1. The van der Waals surface area contributed by atoms with Crippen molar-refractivity contribution in [3.8, 4) is 0 Å². The number of ether oxygens (including phenoxy) is 4. The average molecular weight is 471 g/mol. The summed E-state index contributed by atoms with van der Waals surface area (Å²) >= 11 is 0. The number of aliphatic carboxylic acids is 3. The molecular formula is C21H29NO11. The topological polar surface area (TPSA) is 178 Å². The third-order valence-electron chi connectivity index (χ3n) is 4.10. The lowest BCUT2D eigenvalue weighted by atomic mass is 10.0. The molecule has 1 rings (SSSR count). The zero-order valence-electron chi connectivity index (χ0n) is 18.1. The SMILES string of the molecule is O=C(O)CCOCC(COCCC(=O)O)(COCCC(=O)O)NC(=O)OCc1ccccc1. The maximum Gasteiger partial charge on any atom is 0.408 e. The summed E-state index contributed by atoms with van der Waals surface area (Å²) in [5.74, 6) is -3.23. The number of amides is 1. The van der Waals surface area contributed by atoms with Gasteiger partial charge < -0.3 is 39.6 Å². The fourth-order valence-electron chi connectivity index (χ4n) is 2.49. The van der Waals surface area contributed by atoms with Gasteiger partial charge in [-0.1, -0.05) is 30.3 Å². The number of carboxylic acids is 3. The summed E-state index contributed by atoms with van der Waals surface area (Å²) in [5, 5.41) is 28.9. The Labute approximate surface area is 190 Å². The van der Waals surface area contributed by atoms with Gasteiger partial charge in [-0.15, -0.1) is 0 Å². The van der Waals surface area contributed by atoms with E-state index in [1.54, 1.807) is 24.3 Å². The molecule has 12 nitrogen and oxygen atoms in total. The number of rotatable bonds is 18. The summed E-state index contributed by atoms with van der Waals surface area (Å²) in [6.07, 6.45) is -1.69. The van der Waals surface area contributed by atoms with Gasteiger partial charge in [0.05, 0.1) is 58.9 Å². The molecule has 0 aromatic heterocycles. The number of benzene rings is 1. The zero-order valence-corrected chi connectivity index (χ0v) is 18.1. The van der Waals surface area contributed by atoms with Crippen LogP contribution in [-0.4, -0.2) is 84.5 Å². The van der Waals surface area contributed by atoms with Crippen molar-refractivity contribution in [1.82, 2.24) is 5.32 Å². The molecule has 0 atom stereocenters. The van der Waals surface area contributed by atoms with Gasteiger partial charge in [0, 0.05) is 0 Å². The van der Waals surface area contributed by atoms with E-state index in [4.69, 9.17) is 34.3 Å². The van der Waals surface area contributed by atoms with Gasteiger partial charge in [-0.3, -0.25) is 14.4 Å². The first kappa shape index (κ1) is 27.8. The number of carbonyl (C=O) groups excluding carboxylic acids is 1.